The fourth-order valence-corrected chi connectivity index (χ4v) is 5.68. The highest BCUT2D eigenvalue weighted by atomic mass is 32.2. The van der Waals surface area contributed by atoms with Crippen molar-refractivity contribution in [1.29, 1.82) is 0 Å². The van der Waals surface area contributed by atoms with Gasteiger partial charge in [-0.15, -0.1) is 0 Å². The molecule has 1 fully saturated rings. The molecule has 0 saturated carbocycles. The lowest BCUT2D eigenvalue weighted by Crippen LogP contribution is -2.41. The van der Waals surface area contributed by atoms with Gasteiger partial charge < -0.3 is 14.1 Å². The number of nitrogens with zero attached hydrogens (tertiary/aromatic N) is 1. The minimum atomic E-state index is -3.16. The van der Waals surface area contributed by atoms with E-state index in [1.807, 2.05) is 31.2 Å². The molecule has 1 aliphatic rings. The highest BCUT2D eigenvalue weighted by molar-refractivity contribution is 7.91. The van der Waals surface area contributed by atoms with Gasteiger partial charge >= 0.3 is 0 Å². The summed E-state index contributed by atoms with van der Waals surface area (Å²) in [4.78, 5) is 14.9. The molecule has 0 N–H and O–H groups in total. The third-order valence-electron chi connectivity index (χ3n) is 5.51. The van der Waals surface area contributed by atoms with Crippen LogP contribution < -0.4 is 4.74 Å². The van der Waals surface area contributed by atoms with E-state index in [2.05, 4.69) is 0 Å². The summed E-state index contributed by atoms with van der Waals surface area (Å²) in [5.41, 5.74) is 1.96. The van der Waals surface area contributed by atoms with Gasteiger partial charge in [-0.25, -0.2) is 12.8 Å². The van der Waals surface area contributed by atoms with Gasteiger partial charge in [-0.2, -0.15) is 0 Å². The SMILES string of the molecule is CCOc1ccc(CN(C(=O)Cc2coc3ccc(F)cc23)C2CCS(=O)(=O)C2)cc1. The molecule has 1 aromatic heterocycles. The van der Waals surface area contributed by atoms with Gasteiger partial charge in [0, 0.05) is 23.5 Å². The zero-order chi connectivity index (χ0) is 22.0. The summed E-state index contributed by atoms with van der Waals surface area (Å²) in [6, 6.07) is 11.2. The second kappa shape index (κ2) is 8.70. The van der Waals surface area contributed by atoms with Crippen LogP contribution in [-0.4, -0.2) is 43.4 Å². The van der Waals surface area contributed by atoms with Gasteiger partial charge in [0.15, 0.2) is 9.84 Å². The fraction of sp³-hybridized carbons (Fsp3) is 0.348. The van der Waals surface area contributed by atoms with Crippen LogP contribution >= 0.6 is 0 Å². The highest BCUT2D eigenvalue weighted by Crippen LogP contribution is 2.26. The third kappa shape index (κ3) is 4.90. The van der Waals surface area contributed by atoms with Crippen molar-refractivity contribution in [2.24, 2.45) is 0 Å². The molecule has 1 unspecified atom stereocenters. The molecule has 3 aromatic rings. The first-order valence-corrected chi connectivity index (χ1v) is 12.0. The van der Waals surface area contributed by atoms with Crippen molar-refractivity contribution in [3.8, 4) is 5.75 Å². The molecule has 1 aliphatic heterocycles. The molecule has 1 saturated heterocycles. The van der Waals surface area contributed by atoms with Gasteiger partial charge in [-0.3, -0.25) is 4.79 Å². The van der Waals surface area contributed by atoms with E-state index in [-0.39, 0.29) is 36.4 Å². The fourth-order valence-electron chi connectivity index (χ4n) is 3.95. The Morgan fingerprint density at radius 1 is 1.23 bits per heavy atom. The van der Waals surface area contributed by atoms with Gasteiger partial charge in [0.05, 0.1) is 30.8 Å². The van der Waals surface area contributed by atoms with Crippen LogP contribution in [0.25, 0.3) is 11.0 Å². The van der Waals surface area contributed by atoms with E-state index in [1.54, 1.807) is 4.90 Å². The van der Waals surface area contributed by atoms with Crippen LogP contribution in [0.3, 0.4) is 0 Å². The molecule has 2 aromatic carbocycles. The quantitative estimate of drug-likeness (QED) is 0.554. The Hall–Kier alpha value is -2.87. The van der Waals surface area contributed by atoms with Crippen LogP contribution in [0.15, 0.2) is 53.1 Å². The largest absolute Gasteiger partial charge is 0.494 e. The number of carbonyl (C=O) groups excluding carboxylic acids is 1. The molecule has 0 aliphatic carbocycles. The summed E-state index contributed by atoms with van der Waals surface area (Å²) in [5.74, 6) is 0.138. The number of halogens is 1. The standard InChI is InChI=1S/C23H24FNO5S/c1-2-29-20-6-3-16(4-7-20)13-25(19-9-10-31(27,28)15-19)23(26)11-17-14-30-22-8-5-18(24)12-21(17)22/h3-8,12,14,19H,2,9-11,13,15H2,1H3. The number of amides is 1. The van der Waals surface area contributed by atoms with E-state index >= 15 is 0 Å². The van der Waals surface area contributed by atoms with E-state index in [1.165, 1.54) is 24.5 Å². The Balaban J connectivity index is 1.58. The Morgan fingerprint density at radius 2 is 2.00 bits per heavy atom. The number of benzene rings is 2. The Morgan fingerprint density at radius 3 is 2.68 bits per heavy atom. The topological polar surface area (TPSA) is 76.8 Å². The average molecular weight is 446 g/mol. The Bertz CT molecular complexity index is 1190. The van der Waals surface area contributed by atoms with Gasteiger partial charge in [0.25, 0.3) is 0 Å². The minimum Gasteiger partial charge on any atom is -0.494 e. The summed E-state index contributed by atoms with van der Waals surface area (Å²) in [6.45, 7) is 2.75. The number of rotatable bonds is 7. The summed E-state index contributed by atoms with van der Waals surface area (Å²) in [6.07, 6.45) is 1.87. The maximum Gasteiger partial charge on any atom is 0.227 e. The first kappa shape index (κ1) is 21.4. The Kier molecular flexibility index (Phi) is 6.00. The lowest BCUT2D eigenvalue weighted by atomic mass is 10.1. The first-order valence-electron chi connectivity index (χ1n) is 10.2. The van der Waals surface area contributed by atoms with E-state index in [0.717, 1.165) is 11.3 Å². The van der Waals surface area contributed by atoms with Gasteiger partial charge in [-0.1, -0.05) is 12.1 Å². The summed E-state index contributed by atoms with van der Waals surface area (Å²) in [5, 5.41) is 0.549. The minimum absolute atomic E-state index is 0.00400. The second-order valence-electron chi connectivity index (χ2n) is 7.73. The molecule has 6 nitrogen and oxygen atoms in total. The van der Waals surface area contributed by atoms with Crippen molar-refractivity contribution in [3.05, 3.63) is 65.7 Å². The van der Waals surface area contributed by atoms with Crippen molar-refractivity contribution in [2.75, 3.05) is 18.1 Å². The van der Waals surface area contributed by atoms with E-state index in [9.17, 15) is 17.6 Å². The maximum absolute atomic E-state index is 13.7. The van der Waals surface area contributed by atoms with Crippen molar-refractivity contribution in [1.82, 2.24) is 4.90 Å². The molecule has 8 heteroatoms. The lowest BCUT2D eigenvalue weighted by molar-refractivity contribution is -0.133. The van der Waals surface area contributed by atoms with Crippen LogP contribution in [0.5, 0.6) is 5.75 Å². The highest BCUT2D eigenvalue weighted by Gasteiger charge is 2.35. The number of ether oxygens (including phenoxy) is 1. The number of carbonyl (C=O) groups is 1. The second-order valence-corrected chi connectivity index (χ2v) is 9.96. The van der Waals surface area contributed by atoms with Crippen LogP contribution in [0.4, 0.5) is 4.39 Å². The molecule has 2 heterocycles. The molecule has 0 bridgehead atoms. The predicted molar refractivity (Wildman–Crippen MR) is 115 cm³/mol. The summed E-state index contributed by atoms with van der Waals surface area (Å²) < 4.78 is 48.7. The molecule has 0 spiro atoms. The Labute approximate surface area is 180 Å². The molecular weight excluding hydrogens is 421 g/mol. The van der Waals surface area contributed by atoms with E-state index < -0.39 is 15.7 Å². The van der Waals surface area contributed by atoms with Gasteiger partial charge in [-0.05, 0) is 49.2 Å². The summed E-state index contributed by atoms with van der Waals surface area (Å²) >= 11 is 0. The number of hydrogen-bond acceptors (Lipinski definition) is 5. The zero-order valence-corrected chi connectivity index (χ0v) is 18.0. The monoisotopic (exact) mass is 445 g/mol. The third-order valence-corrected chi connectivity index (χ3v) is 7.26. The van der Waals surface area contributed by atoms with Crippen molar-refractivity contribution < 1.29 is 26.8 Å². The zero-order valence-electron chi connectivity index (χ0n) is 17.2. The predicted octanol–water partition coefficient (Wildman–Crippen LogP) is 3.73. The van der Waals surface area contributed by atoms with E-state index in [0.29, 0.717) is 29.6 Å². The van der Waals surface area contributed by atoms with Crippen molar-refractivity contribution >= 4 is 26.7 Å². The first-order chi connectivity index (χ1) is 14.8. The molecule has 1 amide bonds. The van der Waals surface area contributed by atoms with Crippen molar-refractivity contribution in [2.45, 2.75) is 32.4 Å². The molecule has 1 atom stereocenters. The van der Waals surface area contributed by atoms with Gasteiger partial charge in [0.2, 0.25) is 5.91 Å². The normalized spacial score (nSPS) is 17.7. The van der Waals surface area contributed by atoms with Crippen LogP contribution in [0.2, 0.25) is 0 Å². The number of sulfone groups is 1. The van der Waals surface area contributed by atoms with Crippen LogP contribution in [0.1, 0.15) is 24.5 Å². The van der Waals surface area contributed by atoms with E-state index in [4.69, 9.17) is 9.15 Å². The summed E-state index contributed by atoms with van der Waals surface area (Å²) in [7, 11) is -3.16. The molecule has 0 radical (unpaired) electrons. The number of furan rings is 1. The average Bonchev–Trinajstić information content (AvgIpc) is 3.30. The number of hydrogen-bond donors (Lipinski definition) is 0. The lowest BCUT2D eigenvalue weighted by Gasteiger charge is -2.28. The molecule has 31 heavy (non-hydrogen) atoms. The molecular formula is C23H24FNO5S. The van der Waals surface area contributed by atoms with Gasteiger partial charge in [0.1, 0.15) is 17.1 Å². The maximum atomic E-state index is 13.7. The number of fused-ring (bicyclic) bond motifs is 1. The molecule has 164 valence electrons. The van der Waals surface area contributed by atoms with Crippen molar-refractivity contribution in [3.63, 3.8) is 0 Å². The smallest absolute Gasteiger partial charge is 0.227 e. The van der Waals surface area contributed by atoms with Crippen LogP contribution in [0, 0.1) is 5.82 Å². The van der Waals surface area contributed by atoms with Crippen LogP contribution in [-0.2, 0) is 27.6 Å². The molecule has 4 rings (SSSR count).